The summed E-state index contributed by atoms with van der Waals surface area (Å²) in [6.45, 7) is 3.68. The van der Waals surface area contributed by atoms with Gasteiger partial charge in [0.15, 0.2) is 11.6 Å². The molecular formula is C22H24F2IN3O. The molecular weight excluding hydrogens is 487 g/mol. The monoisotopic (exact) mass is 511 g/mol. The third kappa shape index (κ3) is 4.12. The van der Waals surface area contributed by atoms with E-state index in [9.17, 15) is 13.6 Å². The number of nitrogens with zero attached hydrogens (tertiary/aromatic N) is 3. The molecule has 2 heterocycles. The Morgan fingerprint density at radius 2 is 1.66 bits per heavy atom. The molecule has 4 rings (SSSR count). The normalized spacial score (nSPS) is 19.8. The summed E-state index contributed by atoms with van der Waals surface area (Å²) in [6, 6.07) is 12.1. The van der Waals surface area contributed by atoms with Gasteiger partial charge in [0.25, 0.3) is 0 Å². The van der Waals surface area contributed by atoms with E-state index in [1.165, 1.54) is 15.2 Å². The molecule has 2 aliphatic heterocycles. The van der Waals surface area contributed by atoms with E-state index in [0.29, 0.717) is 25.3 Å². The highest BCUT2D eigenvalue weighted by Crippen LogP contribution is 2.37. The molecule has 2 fully saturated rings. The van der Waals surface area contributed by atoms with Crippen molar-refractivity contribution in [3.05, 3.63) is 63.2 Å². The van der Waals surface area contributed by atoms with E-state index in [0.717, 1.165) is 38.1 Å². The van der Waals surface area contributed by atoms with Crippen LogP contribution in [0.4, 0.5) is 19.3 Å². The molecule has 29 heavy (non-hydrogen) atoms. The lowest BCUT2D eigenvalue weighted by Gasteiger charge is -2.43. The van der Waals surface area contributed by atoms with Crippen LogP contribution in [-0.2, 0) is 5.41 Å². The van der Waals surface area contributed by atoms with Crippen LogP contribution in [0.2, 0.25) is 0 Å². The van der Waals surface area contributed by atoms with Gasteiger partial charge in [0, 0.05) is 40.4 Å². The Labute approximate surface area is 183 Å². The van der Waals surface area contributed by atoms with Crippen molar-refractivity contribution in [1.82, 2.24) is 9.80 Å². The Hall–Kier alpha value is -1.74. The van der Waals surface area contributed by atoms with Crippen molar-refractivity contribution < 1.29 is 13.6 Å². The van der Waals surface area contributed by atoms with Gasteiger partial charge in [-0.15, -0.1) is 0 Å². The van der Waals surface area contributed by atoms with Crippen LogP contribution < -0.4 is 4.90 Å². The van der Waals surface area contributed by atoms with Crippen LogP contribution in [0.25, 0.3) is 0 Å². The van der Waals surface area contributed by atoms with Gasteiger partial charge in [-0.2, -0.15) is 0 Å². The first-order valence-corrected chi connectivity index (χ1v) is 10.9. The molecule has 4 nitrogen and oxygen atoms in total. The number of carbonyl (C=O) groups is 1. The lowest BCUT2D eigenvalue weighted by Crippen LogP contribution is -2.49. The SMILES string of the molecule is CN1CCC(CN2CCN(c3ccc(F)c(F)c3)C2=O)(c2ccc(I)cc2)CC1. The molecule has 7 heteroatoms. The number of piperidine rings is 1. The van der Waals surface area contributed by atoms with Crippen molar-refractivity contribution in [2.45, 2.75) is 18.3 Å². The van der Waals surface area contributed by atoms with Gasteiger partial charge >= 0.3 is 6.03 Å². The fourth-order valence-electron chi connectivity index (χ4n) is 4.38. The molecule has 0 bridgehead atoms. The summed E-state index contributed by atoms with van der Waals surface area (Å²) in [7, 11) is 2.13. The minimum atomic E-state index is -0.931. The molecule has 0 radical (unpaired) electrons. The highest BCUT2D eigenvalue weighted by molar-refractivity contribution is 14.1. The number of hydrogen-bond acceptors (Lipinski definition) is 2. The maximum atomic E-state index is 13.6. The number of hydrogen-bond donors (Lipinski definition) is 0. The lowest BCUT2D eigenvalue weighted by atomic mass is 9.72. The van der Waals surface area contributed by atoms with Gasteiger partial charge in [0.2, 0.25) is 0 Å². The first-order chi connectivity index (χ1) is 13.9. The van der Waals surface area contributed by atoms with Crippen LogP contribution in [0, 0.1) is 15.2 Å². The zero-order valence-corrected chi connectivity index (χ0v) is 18.5. The van der Waals surface area contributed by atoms with Crippen molar-refractivity contribution in [3.63, 3.8) is 0 Å². The quantitative estimate of drug-likeness (QED) is 0.567. The Morgan fingerprint density at radius 1 is 0.966 bits per heavy atom. The lowest BCUT2D eigenvalue weighted by molar-refractivity contribution is 0.147. The van der Waals surface area contributed by atoms with Crippen molar-refractivity contribution in [3.8, 4) is 0 Å². The fraction of sp³-hybridized carbons (Fsp3) is 0.409. The Kier molecular flexibility index (Phi) is 5.79. The molecule has 0 saturated carbocycles. The molecule has 0 N–H and O–H groups in total. The second-order valence-corrected chi connectivity index (χ2v) is 9.29. The van der Waals surface area contributed by atoms with Gasteiger partial charge in [-0.1, -0.05) is 12.1 Å². The predicted octanol–water partition coefficient (Wildman–Crippen LogP) is 4.48. The molecule has 2 aromatic rings. The Bertz CT molecular complexity index is 897. The number of likely N-dealkylation sites (tertiary alicyclic amines) is 1. The standard InChI is InChI=1S/C22H24F2IN3O/c1-26-10-8-22(9-11-26,16-2-4-17(25)5-3-16)15-27-12-13-28(21(27)29)18-6-7-19(23)20(24)14-18/h2-7,14H,8-13,15H2,1H3. The number of amides is 2. The summed E-state index contributed by atoms with van der Waals surface area (Å²) >= 11 is 2.31. The molecule has 2 aliphatic rings. The Balaban J connectivity index is 1.57. The van der Waals surface area contributed by atoms with Crippen molar-refractivity contribution >= 4 is 34.3 Å². The van der Waals surface area contributed by atoms with Crippen LogP contribution in [0.5, 0.6) is 0 Å². The van der Waals surface area contributed by atoms with Gasteiger partial charge in [-0.25, -0.2) is 13.6 Å². The van der Waals surface area contributed by atoms with Gasteiger partial charge in [0.05, 0.1) is 0 Å². The molecule has 2 amide bonds. The van der Waals surface area contributed by atoms with Crippen LogP contribution >= 0.6 is 22.6 Å². The van der Waals surface area contributed by atoms with E-state index in [1.54, 1.807) is 4.90 Å². The molecule has 0 atom stereocenters. The summed E-state index contributed by atoms with van der Waals surface area (Å²) in [5, 5.41) is 0. The van der Waals surface area contributed by atoms with E-state index in [4.69, 9.17) is 0 Å². The third-order valence-corrected chi connectivity index (χ3v) is 6.92. The van der Waals surface area contributed by atoms with Crippen molar-refractivity contribution in [1.29, 1.82) is 0 Å². The average molecular weight is 511 g/mol. The number of carbonyl (C=O) groups excluding carboxylic acids is 1. The van der Waals surface area contributed by atoms with Crippen molar-refractivity contribution in [2.75, 3.05) is 44.7 Å². The van der Waals surface area contributed by atoms with Gasteiger partial charge in [-0.05, 0) is 85.4 Å². The Morgan fingerprint density at radius 3 is 2.31 bits per heavy atom. The molecule has 0 aromatic heterocycles. The molecule has 2 aromatic carbocycles. The van der Waals surface area contributed by atoms with Crippen LogP contribution in [0.3, 0.4) is 0 Å². The summed E-state index contributed by atoms with van der Waals surface area (Å²) in [5.74, 6) is -1.83. The molecule has 0 aliphatic carbocycles. The van der Waals surface area contributed by atoms with E-state index in [-0.39, 0.29) is 11.4 Å². The number of rotatable bonds is 4. The minimum Gasteiger partial charge on any atom is -0.322 e. The molecule has 0 unspecified atom stereocenters. The van der Waals surface area contributed by atoms with Crippen molar-refractivity contribution in [2.24, 2.45) is 0 Å². The topological polar surface area (TPSA) is 26.8 Å². The number of benzene rings is 2. The largest absolute Gasteiger partial charge is 0.324 e. The zero-order valence-electron chi connectivity index (χ0n) is 16.4. The first kappa shape index (κ1) is 20.5. The predicted molar refractivity (Wildman–Crippen MR) is 118 cm³/mol. The second-order valence-electron chi connectivity index (χ2n) is 8.04. The summed E-state index contributed by atoms with van der Waals surface area (Å²) in [5.41, 5.74) is 1.59. The first-order valence-electron chi connectivity index (χ1n) is 9.84. The maximum absolute atomic E-state index is 13.6. The fourth-order valence-corrected chi connectivity index (χ4v) is 4.73. The van der Waals surface area contributed by atoms with Gasteiger partial charge < -0.3 is 9.80 Å². The molecule has 154 valence electrons. The number of urea groups is 1. The number of halogens is 3. The summed E-state index contributed by atoms with van der Waals surface area (Å²) in [4.78, 5) is 18.8. The van der Waals surface area contributed by atoms with Crippen LogP contribution in [0.15, 0.2) is 42.5 Å². The van der Waals surface area contributed by atoms with E-state index in [1.807, 2.05) is 4.90 Å². The number of anilines is 1. The van der Waals surface area contributed by atoms with Gasteiger partial charge in [-0.3, -0.25) is 4.90 Å². The second kappa shape index (κ2) is 8.18. The highest BCUT2D eigenvalue weighted by Gasteiger charge is 2.41. The van der Waals surface area contributed by atoms with Crippen LogP contribution in [-0.4, -0.2) is 55.6 Å². The summed E-state index contributed by atoms with van der Waals surface area (Å²) < 4.78 is 28.1. The van der Waals surface area contributed by atoms with Crippen LogP contribution in [0.1, 0.15) is 18.4 Å². The minimum absolute atomic E-state index is 0.0867. The van der Waals surface area contributed by atoms with E-state index < -0.39 is 11.6 Å². The summed E-state index contributed by atoms with van der Waals surface area (Å²) in [6.07, 6.45) is 1.97. The highest BCUT2D eigenvalue weighted by atomic mass is 127. The smallest absolute Gasteiger partial charge is 0.322 e. The van der Waals surface area contributed by atoms with E-state index >= 15 is 0 Å². The average Bonchev–Trinajstić information content (AvgIpc) is 3.07. The third-order valence-electron chi connectivity index (χ3n) is 6.20. The maximum Gasteiger partial charge on any atom is 0.324 e. The van der Waals surface area contributed by atoms with E-state index in [2.05, 4.69) is 58.8 Å². The molecule has 2 saturated heterocycles. The molecule has 0 spiro atoms. The van der Waals surface area contributed by atoms with Gasteiger partial charge in [0.1, 0.15) is 0 Å². The zero-order chi connectivity index (χ0) is 20.6.